The first-order valence-electron chi connectivity index (χ1n) is 5.00. The molecular weight excluding hydrogens is 251 g/mol. The molecule has 0 aliphatic rings. The molecular formula is C11H12F3NO3. The molecule has 100 valence electrons. The first-order valence-corrected chi connectivity index (χ1v) is 5.00. The zero-order valence-electron chi connectivity index (χ0n) is 9.54. The fourth-order valence-electron chi connectivity index (χ4n) is 1.17. The standard InChI is InChI=1S/C11H12F3NO3/c1-18-7-2-3-8(9(12)4-7)10(17)15-5-11(13,14)6-16/h2-4,16H,5-6H2,1H3,(H,15,17). The van der Waals surface area contributed by atoms with E-state index in [1.807, 2.05) is 5.32 Å². The first-order chi connectivity index (χ1) is 8.39. The molecule has 4 nitrogen and oxygen atoms in total. The van der Waals surface area contributed by atoms with E-state index in [0.29, 0.717) is 0 Å². The molecule has 0 fully saturated rings. The Morgan fingerprint density at radius 1 is 1.50 bits per heavy atom. The SMILES string of the molecule is COc1ccc(C(=O)NCC(F)(F)CO)c(F)c1. The normalized spacial score (nSPS) is 11.2. The van der Waals surface area contributed by atoms with Crippen molar-refractivity contribution in [2.75, 3.05) is 20.3 Å². The van der Waals surface area contributed by atoms with Gasteiger partial charge in [-0.1, -0.05) is 0 Å². The molecule has 1 amide bonds. The van der Waals surface area contributed by atoms with E-state index in [-0.39, 0.29) is 11.3 Å². The Hall–Kier alpha value is -1.76. The summed E-state index contributed by atoms with van der Waals surface area (Å²) in [7, 11) is 1.33. The first kappa shape index (κ1) is 14.3. The Morgan fingerprint density at radius 3 is 2.67 bits per heavy atom. The van der Waals surface area contributed by atoms with Crippen molar-refractivity contribution >= 4 is 5.91 Å². The molecule has 7 heteroatoms. The summed E-state index contributed by atoms with van der Waals surface area (Å²) in [6, 6.07) is 3.43. The fraction of sp³-hybridized carbons (Fsp3) is 0.364. The van der Waals surface area contributed by atoms with E-state index in [2.05, 4.69) is 0 Å². The van der Waals surface area contributed by atoms with Crippen molar-refractivity contribution in [3.8, 4) is 5.75 Å². The van der Waals surface area contributed by atoms with Gasteiger partial charge in [0, 0.05) is 6.07 Å². The quantitative estimate of drug-likeness (QED) is 0.839. The Bertz CT molecular complexity index is 438. The Balaban J connectivity index is 2.73. The monoisotopic (exact) mass is 263 g/mol. The molecule has 0 saturated carbocycles. The molecule has 2 N–H and O–H groups in total. The van der Waals surface area contributed by atoms with Crippen molar-refractivity contribution in [2.45, 2.75) is 5.92 Å². The van der Waals surface area contributed by atoms with Gasteiger partial charge in [-0.2, -0.15) is 0 Å². The van der Waals surface area contributed by atoms with Crippen molar-refractivity contribution in [2.24, 2.45) is 0 Å². The second-order valence-corrected chi connectivity index (χ2v) is 3.54. The van der Waals surface area contributed by atoms with Crippen LogP contribution in [0, 0.1) is 5.82 Å². The summed E-state index contributed by atoms with van der Waals surface area (Å²) in [5.41, 5.74) is -0.371. The third-order valence-corrected chi connectivity index (χ3v) is 2.16. The maximum atomic E-state index is 13.4. The highest BCUT2D eigenvalue weighted by Crippen LogP contribution is 2.16. The fourth-order valence-corrected chi connectivity index (χ4v) is 1.17. The van der Waals surface area contributed by atoms with E-state index >= 15 is 0 Å². The van der Waals surface area contributed by atoms with E-state index < -0.39 is 30.8 Å². The van der Waals surface area contributed by atoms with Gasteiger partial charge in [-0.15, -0.1) is 0 Å². The number of methoxy groups -OCH3 is 1. The molecule has 18 heavy (non-hydrogen) atoms. The van der Waals surface area contributed by atoms with E-state index in [4.69, 9.17) is 9.84 Å². The lowest BCUT2D eigenvalue weighted by Gasteiger charge is -2.14. The average molecular weight is 263 g/mol. The van der Waals surface area contributed by atoms with Crippen LogP contribution in [0.3, 0.4) is 0 Å². The second-order valence-electron chi connectivity index (χ2n) is 3.54. The number of rotatable bonds is 5. The third kappa shape index (κ3) is 3.63. The molecule has 0 radical (unpaired) electrons. The van der Waals surface area contributed by atoms with Gasteiger partial charge >= 0.3 is 0 Å². The van der Waals surface area contributed by atoms with Crippen LogP contribution in [0.1, 0.15) is 10.4 Å². The number of nitrogens with one attached hydrogen (secondary N) is 1. The minimum Gasteiger partial charge on any atom is -0.497 e. The molecule has 0 atom stereocenters. The predicted molar refractivity (Wildman–Crippen MR) is 57.3 cm³/mol. The van der Waals surface area contributed by atoms with Crippen molar-refractivity contribution in [1.29, 1.82) is 0 Å². The average Bonchev–Trinajstić information content (AvgIpc) is 2.36. The lowest BCUT2D eigenvalue weighted by Crippen LogP contribution is -2.39. The van der Waals surface area contributed by atoms with Gasteiger partial charge < -0.3 is 15.2 Å². The van der Waals surface area contributed by atoms with Crippen LogP contribution in [0.5, 0.6) is 5.75 Å². The van der Waals surface area contributed by atoms with Crippen LogP contribution < -0.4 is 10.1 Å². The van der Waals surface area contributed by atoms with Gasteiger partial charge in [0.15, 0.2) is 0 Å². The van der Waals surface area contributed by atoms with Crippen molar-refractivity contribution < 1.29 is 27.8 Å². The number of ether oxygens (including phenoxy) is 1. The van der Waals surface area contributed by atoms with E-state index in [1.54, 1.807) is 0 Å². The van der Waals surface area contributed by atoms with Gasteiger partial charge in [0.05, 0.1) is 19.2 Å². The molecule has 0 unspecified atom stereocenters. The van der Waals surface area contributed by atoms with Crippen LogP contribution in [0.25, 0.3) is 0 Å². The number of amides is 1. The van der Waals surface area contributed by atoms with Gasteiger partial charge in [-0.25, -0.2) is 13.2 Å². The molecule has 0 aromatic heterocycles. The zero-order valence-corrected chi connectivity index (χ0v) is 9.54. The van der Waals surface area contributed by atoms with Crippen LogP contribution in [0.4, 0.5) is 13.2 Å². The number of alkyl halides is 2. The molecule has 0 aliphatic heterocycles. The number of hydrogen-bond acceptors (Lipinski definition) is 3. The largest absolute Gasteiger partial charge is 0.497 e. The Kier molecular flexibility index (Phi) is 4.55. The molecule has 0 saturated heterocycles. The maximum absolute atomic E-state index is 13.4. The lowest BCUT2D eigenvalue weighted by atomic mass is 10.2. The van der Waals surface area contributed by atoms with Crippen molar-refractivity contribution in [3.05, 3.63) is 29.6 Å². The minimum absolute atomic E-state index is 0.213. The molecule has 1 aromatic rings. The minimum atomic E-state index is -3.43. The zero-order chi connectivity index (χ0) is 13.8. The summed E-state index contributed by atoms with van der Waals surface area (Å²) in [6.45, 7) is -2.45. The van der Waals surface area contributed by atoms with Gasteiger partial charge in [0.2, 0.25) is 0 Å². The van der Waals surface area contributed by atoms with E-state index in [0.717, 1.165) is 12.1 Å². The Labute approximate surface area is 101 Å². The number of hydrogen-bond donors (Lipinski definition) is 2. The summed E-state index contributed by atoms with van der Waals surface area (Å²) in [6.07, 6.45) is 0. The van der Waals surface area contributed by atoms with E-state index in [9.17, 15) is 18.0 Å². The number of benzene rings is 1. The van der Waals surface area contributed by atoms with Crippen LogP contribution in [0.15, 0.2) is 18.2 Å². The summed E-state index contributed by atoms with van der Waals surface area (Å²) in [5.74, 6) is -5.08. The summed E-state index contributed by atoms with van der Waals surface area (Å²) in [5, 5.41) is 10.1. The van der Waals surface area contributed by atoms with Crippen molar-refractivity contribution in [3.63, 3.8) is 0 Å². The van der Waals surface area contributed by atoms with Crippen LogP contribution in [0.2, 0.25) is 0 Å². The highest BCUT2D eigenvalue weighted by atomic mass is 19.3. The molecule has 0 aliphatic carbocycles. The highest BCUT2D eigenvalue weighted by Gasteiger charge is 2.28. The number of aliphatic hydroxyl groups is 1. The van der Waals surface area contributed by atoms with Crippen molar-refractivity contribution in [1.82, 2.24) is 5.32 Å². The summed E-state index contributed by atoms with van der Waals surface area (Å²) < 4.78 is 43.5. The predicted octanol–water partition coefficient (Wildman–Crippen LogP) is 1.19. The molecule has 1 aromatic carbocycles. The van der Waals surface area contributed by atoms with Crippen LogP contribution >= 0.6 is 0 Å². The van der Waals surface area contributed by atoms with E-state index in [1.165, 1.54) is 13.2 Å². The molecule has 0 heterocycles. The summed E-state index contributed by atoms with van der Waals surface area (Å²) >= 11 is 0. The van der Waals surface area contributed by atoms with Gasteiger partial charge in [-0.05, 0) is 12.1 Å². The number of aliphatic hydroxyl groups excluding tert-OH is 1. The molecule has 0 spiro atoms. The van der Waals surface area contributed by atoms with Gasteiger partial charge in [0.1, 0.15) is 18.2 Å². The maximum Gasteiger partial charge on any atom is 0.287 e. The van der Waals surface area contributed by atoms with Gasteiger partial charge in [0.25, 0.3) is 11.8 Å². The van der Waals surface area contributed by atoms with Gasteiger partial charge in [-0.3, -0.25) is 4.79 Å². The van der Waals surface area contributed by atoms with Crippen LogP contribution in [-0.2, 0) is 0 Å². The molecule has 1 rings (SSSR count). The lowest BCUT2D eigenvalue weighted by molar-refractivity contribution is -0.0462. The number of carbonyl (C=O) groups excluding carboxylic acids is 1. The smallest absolute Gasteiger partial charge is 0.287 e. The number of carbonyl (C=O) groups is 1. The van der Waals surface area contributed by atoms with Crippen LogP contribution in [-0.4, -0.2) is 37.2 Å². The number of halogens is 3. The summed E-state index contributed by atoms with van der Waals surface area (Å²) in [4.78, 5) is 11.4. The second kappa shape index (κ2) is 5.72. The molecule has 0 bridgehead atoms. The topological polar surface area (TPSA) is 58.6 Å². The highest BCUT2D eigenvalue weighted by molar-refractivity contribution is 5.94. The third-order valence-electron chi connectivity index (χ3n) is 2.16. The Morgan fingerprint density at radius 2 is 2.17 bits per heavy atom.